The van der Waals surface area contributed by atoms with Crippen LogP contribution in [0.4, 0.5) is 18.9 Å². The molecule has 0 aliphatic carbocycles. The van der Waals surface area contributed by atoms with Crippen molar-refractivity contribution in [1.82, 2.24) is 14.6 Å². The van der Waals surface area contributed by atoms with Crippen molar-refractivity contribution in [3.8, 4) is 22.8 Å². The second-order valence-corrected chi connectivity index (χ2v) is 6.96. The standard InChI is InChI=1S/C23H19F3N4O3/c1-3-33-17-10-6-15(7-11-17)27-22(31)19-13-21-28-18(14-4-8-16(32-2)9-5-14)12-20(23(24,25)26)30(21)29-19/h4-13H,3H2,1-2H3,(H,27,31). The summed E-state index contributed by atoms with van der Waals surface area (Å²) in [4.78, 5) is 16.9. The molecule has 0 spiro atoms. The van der Waals surface area contributed by atoms with Crippen LogP contribution in [0.2, 0.25) is 0 Å². The Morgan fingerprint density at radius 3 is 2.30 bits per heavy atom. The smallest absolute Gasteiger partial charge is 0.433 e. The largest absolute Gasteiger partial charge is 0.497 e. The van der Waals surface area contributed by atoms with E-state index < -0.39 is 17.8 Å². The number of rotatable bonds is 6. The van der Waals surface area contributed by atoms with Crippen molar-refractivity contribution in [1.29, 1.82) is 0 Å². The van der Waals surface area contributed by atoms with Crippen LogP contribution in [0.25, 0.3) is 16.9 Å². The molecule has 10 heteroatoms. The maximum absolute atomic E-state index is 13.8. The molecule has 0 aliphatic rings. The van der Waals surface area contributed by atoms with Crippen molar-refractivity contribution in [2.24, 2.45) is 0 Å². The summed E-state index contributed by atoms with van der Waals surface area (Å²) < 4.78 is 52.4. The average Bonchev–Trinajstić information content (AvgIpc) is 3.23. The average molecular weight is 456 g/mol. The third kappa shape index (κ3) is 4.74. The van der Waals surface area contributed by atoms with Gasteiger partial charge in [-0.05, 0) is 61.5 Å². The van der Waals surface area contributed by atoms with Gasteiger partial charge >= 0.3 is 6.18 Å². The zero-order valence-electron chi connectivity index (χ0n) is 17.7. The lowest BCUT2D eigenvalue weighted by atomic mass is 10.1. The van der Waals surface area contributed by atoms with Crippen LogP contribution in [0.3, 0.4) is 0 Å². The van der Waals surface area contributed by atoms with E-state index in [1.54, 1.807) is 48.5 Å². The number of hydrogen-bond donors (Lipinski definition) is 1. The van der Waals surface area contributed by atoms with Crippen LogP contribution in [-0.2, 0) is 6.18 Å². The predicted molar refractivity (Wildman–Crippen MR) is 116 cm³/mol. The highest BCUT2D eigenvalue weighted by Gasteiger charge is 2.35. The quantitative estimate of drug-likeness (QED) is 0.438. The van der Waals surface area contributed by atoms with Gasteiger partial charge < -0.3 is 14.8 Å². The van der Waals surface area contributed by atoms with Crippen LogP contribution in [0.15, 0.2) is 60.7 Å². The first-order valence-corrected chi connectivity index (χ1v) is 9.95. The monoisotopic (exact) mass is 456 g/mol. The number of alkyl halides is 3. The third-order valence-electron chi connectivity index (χ3n) is 4.76. The summed E-state index contributed by atoms with van der Waals surface area (Å²) in [6.45, 7) is 2.35. The number of nitrogens with zero attached hydrogens (tertiary/aromatic N) is 3. The fourth-order valence-electron chi connectivity index (χ4n) is 3.19. The first kappa shape index (κ1) is 22.1. The van der Waals surface area contributed by atoms with E-state index in [1.165, 1.54) is 13.2 Å². The van der Waals surface area contributed by atoms with E-state index in [0.29, 0.717) is 33.9 Å². The van der Waals surface area contributed by atoms with Crippen LogP contribution in [0, 0.1) is 0 Å². The van der Waals surface area contributed by atoms with Gasteiger partial charge in [-0.2, -0.15) is 18.3 Å². The lowest BCUT2D eigenvalue weighted by Crippen LogP contribution is -2.15. The van der Waals surface area contributed by atoms with Gasteiger partial charge in [-0.25, -0.2) is 9.50 Å². The molecule has 0 aliphatic heterocycles. The van der Waals surface area contributed by atoms with E-state index in [0.717, 1.165) is 6.07 Å². The predicted octanol–water partition coefficient (Wildman–Crippen LogP) is 5.07. The molecule has 1 amide bonds. The highest BCUT2D eigenvalue weighted by molar-refractivity contribution is 6.03. The summed E-state index contributed by atoms with van der Waals surface area (Å²) in [6.07, 6.45) is -4.71. The number of hydrogen-bond acceptors (Lipinski definition) is 5. The third-order valence-corrected chi connectivity index (χ3v) is 4.76. The molecule has 0 atom stereocenters. The summed E-state index contributed by atoms with van der Waals surface area (Å²) in [5, 5.41) is 6.47. The minimum atomic E-state index is -4.71. The summed E-state index contributed by atoms with van der Waals surface area (Å²) in [7, 11) is 1.49. The first-order chi connectivity index (χ1) is 15.8. The Labute approximate surface area is 186 Å². The van der Waals surface area contributed by atoms with E-state index in [9.17, 15) is 18.0 Å². The highest BCUT2D eigenvalue weighted by atomic mass is 19.4. The van der Waals surface area contributed by atoms with Gasteiger partial charge in [0.15, 0.2) is 17.0 Å². The summed E-state index contributed by atoms with van der Waals surface area (Å²) in [5.41, 5.74) is -0.343. The Balaban J connectivity index is 1.69. The van der Waals surface area contributed by atoms with Crippen LogP contribution in [0.5, 0.6) is 11.5 Å². The van der Waals surface area contributed by atoms with Gasteiger partial charge in [0.2, 0.25) is 0 Å². The molecule has 1 N–H and O–H groups in total. The van der Waals surface area contributed by atoms with Gasteiger partial charge in [0.25, 0.3) is 5.91 Å². The van der Waals surface area contributed by atoms with Gasteiger partial charge in [0, 0.05) is 17.3 Å². The van der Waals surface area contributed by atoms with Gasteiger partial charge in [0.05, 0.1) is 19.4 Å². The molecule has 0 bridgehead atoms. The summed E-state index contributed by atoms with van der Waals surface area (Å²) in [5.74, 6) is 0.533. The molecule has 2 aromatic heterocycles. The molecule has 0 fully saturated rings. The lowest BCUT2D eigenvalue weighted by molar-refractivity contribution is -0.142. The number of benzene rings is 2. The zero-order chi connectivity index (χ0) is 23.6. The van der Waals surface area contributed by atoms with Crippen LogP contribution < -0.4 is 14.8 Å². The Kier molecular flexibility index (Phi) is 5.91. The number of fused-ring (bicyclic) bond motifs is 1. The molecule has 2 aromatic carbocycles. The molecule has 0 saturated carbocycles. The van der Waals surface area contributed by atoms with Gasteiger partial charge in [-0.3, -0.25) is 4.79 Å². The normalized spacial score (nSPS) is 11.4. The summed E-state index contributed by atoms with van der Waals surface area (Å²) >= 11 is 0. The lowest BCUT2D eigenvalue weighted by Gasteiger charge is -2.11. The van der Waals surface area contributed by atoms with E-state index in [-0.39, 0.29) is 17.0 Å². The van der Waals surface area contributed by atoms with Crippen molar-refractivity contribution in [3.05, 3.63) is 72.1 Å². The number of ether oxygens (including phenoxy) is 2. The van der Waals surface area contributed by atoms with Crippen molar-refractivity contribution in [3.63, 3.8) is 0 Å². The number of anilines is 1. The Morgan fingerprint density at radius 1 is 1.03 bits per heavy atom. The van der Waals surface area contributed by atoms with Gasteiger partial charge in [0.1, 0.15) is 11.5 Å². The number of amides is 1. The number of aromatic nitrogens is 3. The highest BCUT2D eigenvalue weighted by Crippen LogP contribution is 2.32. The van der Waals surface area contributed by atoms with Crippen molar-refractivity contribution >= 4 is 17.2 Å². The molecule has 4 rings (SSSR count). The van der Waals surface area contributed by atoms with Crippen LogP contribution >= 0.6 is 0 Å². The van der Waals surface area contributed by atoms with E-state index >= 15 is 0 Å². The fraction of sp³-hybridized carbons (Fsp3) is 0.174. The van der Waals surface area contributed by atoms with Crippen LogP contribution in [-0.4, -0.2) is 34.2 Å². The molecule has 0 unspecified atom stereocenters. The maximum Gasteiger partial charge on any atom is 0.433 e. The molecular formula is C23H19F3N4O3. The van der Waals surface area contributed by atoms with Crippen LogP contribution in [0.1, 0.15) is 23.1 Å². The molecular weight excluding hydrogens is 437 g/mol. The molecule has 0 radical (unpaired) electrons. The number of nitrogens with one attached hydrogen (secondary N) is 1. The molecule has 7 nitrogen and oxygen atoms in total. The van der Waals surface area contributed by atoms with Crippen molar-refractivity contribution < 1.29 is 27.4 Å². The zero-order valence-corrected chi connectivity index (χ0v) is 17.7. The molecule has 4 aromatic rings. The Hall–Kier alpha value is -4.08. The number of halogens is 3. The van der Waals surface area contributed by atoms with E-state index in [2.05, 4.69) is 15.4 Å². The van der Waals surface area contributed by atoms with E-state index in [1.807, 2.05) is 6.92 Å². The Morgan fingerprint density at radius 2 is 1.70 bits per heavy atom. The SMILES string of the molecule is CCOc1ccc(NC(=O)c2cc3nc(-c4ccc(OC)cc4)cc(C(F)(F)F)n3n2)cc1. The number of carbonyl (C=O) groups is 1. The van der Waals surface area contributed by atoms with Crippen molar-refractivity contribution in [2.45, 2.75) is 13.1 Å². The minimum Gasteiger partial charge on any atom is -0.497 e. The molecule has 0 saturated heterocycles. The Bertz CT molecular complexity index is 1280. The minimum absolute atomic E-state index is 0.0934. The van der Waals surface area contributed by atoms with Crippen molar-refractivity contribution in [2.75, 3.05) is 19.0 Å². The van der Waals surface area contributed by atoms with E-state index in [4.69, 9.17) is 9.47 Å². The molecule has 2 heterocycles. The molecule has 33 heavy (non-hydrogen) atoms. The maximum atomic E-state index is 13.8. The fourth-order valence-corrected chi connectivity index (χ4v) is 3.19. The second-order valence-electron chi connectivity index (χ2n) is 6.96. The molecule has 170 valence electrons. The van der Waals surface area contributed by atoms with Gasteiger partial charge in [-0.1, -0.05) is 0 Å². The number of methoxy groups -OCH3 is 1. The second kappa shape index (κ2) is 8.81. The summed E-state index contributed by atoms with van der Waals surface area (Å²) in [6, 6.07) is 15.2. The van der Waals surface area contributed by atoms with Gasteiger partial charge in [-0.15, -0.1) is 0 Å². The first-order valence-electron chi connectivity index (χ1n) is 9.95. The topological polar surface area (TPSA) is 77.8 Å². The number of carbonyl (C=O) groups excluding carboxylic acids is 1.